The van der Waals surface area contributed by atoms with Gasteiger partial charge in [-0.2, -0.15) is 0 Å². The van der Waals surface area contributed by atoms with Crippen LogP contribution in [0, 0.1) is 6.92 Å². The van der Waals surface area contributed by atoms with Crippen LogP contribution in [-0.2, 0) is 4.79 Å². The van der Waals surface area contributed by atoms with Crippen molar-refractivity contribution in [3.63, 3.8) is 0 Å². The van der Waals surface area contributed by atoms with Gasteiger partial charge >= 0.3 is 5.97 Å². The lowest BCUT2D eigenvalue weighted by Gasteiger charge is -2.24. The van der Waals surface area contributed by atoms with Gasteiger partial charge in [-0.1, -0.05) is 24.6 Å². The summed E-state index contributed by atoms with van der Waals surface area (Å²) in [6.07, 6.45) is 0.902. The molecule has 0 heterocycles. The zero-order valence-corrected chi connectivity index (χ0v) is 10.3. The highest BCUT2D eigenvalue weighted by atomic mass is 35.5. The van der Waals surface area contributed by atoms with E-state index >= 15 is 0 Å². The number of nitrogens with zero attached hydrogens (tertiary/aromatic N) is 1. The number of carbonyl (C=O) groups is 1. The van der Waals surface area contributed by atoms with Crippen LogP contribution in [0.15, 0.2) is 18.2 Å². The summed E-state index contributed by atoms with van der Waals surface area (Å²) in [7, 11) is 0. The summed E-state index contributed by atoms with van der Waals surface area (Å²) in [5.74, 6) is -0.826. The molecule has 0 aliphatic rings. The predicted octanol–water partition coefficient (Wildman–Crippen LogP) is 2.95. The minimum atomic E-state index is -0.826. The van der Waals surface area contributed by atoms with Crippen molar-refractivity contribution in [1.29, 1.82) is 0 Å². The Bertz CT molecular complexity index is 379. The van der Waals surface area contributed by atoms with Crippen molar-refractivity contribution in [1.82, 2.24) is 0 Å². The molecule has 0 fully saturated rings. The number of aryl methyl sites for hydroxylation is 1. The Morgan fingerprint density at radius 3 is 2.75 bits per heavy atom. The van der Waals surface area contributed by atoms with Crippen LogP contribution in [0.5, 0.6) is 0 Å². The monoisotopic (exact) mass is 241 g/mol. The third-order valence-corrected chi connectivity index (χ3v) is 2.57. The number of carboxylic acid groups (broad SMARTS) is 1. The average molecular weight is 242 g/mol. The highest BCUT2D eigenvalue weighted by Crippen LogP contribution is 2.24. The van der Waals surface area contributed by atoms with Crippen molar-refractivity contribution in [2.24, 2.45) is 0 Å². The van der Waals surface area contributed by atoms with Crippen LogP contribution < -0.4 is 4.90 Å². The SMILES string of the molecule is CCCN(CC(=O)O)c1cc(Cl)ccc1C. The fourth-order valence-corrected chi connectivity index (χ4v) is 1.81. The second-order valence-corrected chi connectivity index (χ2v) is 4.18. The molecule has 1 rings (SSSR count). The number of halogens is 1. The molecular formula is C12H16ClNO2. The zero-order chi connectivity index (χ0) is 12.1. The summed E-state index contributed by atoms with van der Waals surface area (Å²) < 4.78 is 0. The molecule has 0 aromatic heterocycles. The Labute approximate surface area is 101 Å². The number of anilines is 1. The number of hydrogen-bond acceptors (Lipinski definition) is 2. The van der Waals surface area contributed by atoms with Gasteiger partial charge in [-0.15, -0.1) is 0 Å². The quantitative estimate of drug-likeness (QED) is 0.862. The van der Waals surface area contributed by atoms with E-state index in [0.717, 1.165) is 17.7 Å². The first kappa shape index (κ1) is 12.8. The molecule has 3 nitrogen and oxygen atoms in total. The molecule has 0 atom stereocenters. The minimum absolute atomic E-state index is 0.00895. The number of benzene rings is 1. The van der Waals surface area contributed by atoms with Gasteiger partial charge in [0.25, 0.3) is 0 Å². The van der Waals surface area contributed by atoms with E-state index in [-0.39, 0.29) is 6.54 Å². The van der Waals surface area contributed by atoms with Crippen LogP contribution in [0.25, 0.3) is 0 Å². The fourth-order valence-electron chi connectivity index (χ4n) is 1.64. The Morgan fingerprint density at radius 1 is 1.50 bits per heavy atom. The van der Waals surface area contributed by atoms with Gasteiger partial charge in [-0.25, -0.2) is 0 Å². The predicted molar refractivity (Wildman–Crippen MR) is 66.3 cm³/mol. The number of rotatable bonds is 5. The summed E-state index contributed by atoms with van der Waals surface area (Å²) in [5, 5.41) is 9.49. The Kier molecular flexibility index (Phi) is 4.62. The van der Waals surface area contributed by atoms with Gasteiger partial charge in [0, 0.05) is 17.3 Å². The van der Waals surface area contributed by atoms with E-state index in [9.17, 15) is 4.79 Å². The van der Waals surface area contributed by atoms with Gasteiger partial charge in [0.2, 0.25) is 0 Å². The lowest BCUT2D eigenvalue weighted by atomic mass is 10.1. The molecule has 1 aromatic carbocycles. The van der Waals surface area contributed by atoms with Gasteiger partial charge in [0.05, 0.1) is 0 Å². The van der Waals surface area contributed by atoms with E-state index in [1.807, 2.05) is 36.9 Å². The number of hydrogen-bond donors (Lipinski definition) is 1. The molecule has 0 spiro atoms. The van der Waals surface area contributed by atoms with E-state index in [0.29, 0.717) is 11.6 Å². The maximum atomic E-state index is 10.8. The normalized spacial score (nSPS) is 10.2. The van der Waals surface area contributed by atoms with Crippen molar-refractivity contribution in [2.75, 3.05) is 18.0 Å². The van der Waals surface area contributed by atoms with Gasteiger partial charge in [-0.05, 0) is 31.0 Å². The van der Waals surface area contributed by atoms with Gasteiger partial charge < -0.3 is 10.0 Å². The molecule has 0 aliphatic heterocycles. The van der Waals surface area contributed by atoms with E-state index in [2.05, 4.69) is 0 Å². The first-order valence-corrected chi connectivity index (χ1v) is 5.65. The largest absolute Gasteiger partial charge is 0.480 e. The summed E-state index contributed by atoms with van der Waals surface area (Å²) in [6, 6.07) is 5.53. The summed E-state index contributed by atoms with van der Waals surface area (Å²) in [4.78, 5) is 12.6. The third kappa shape index (κ3) is 3.42. The second kappa shape index (κ2) is 5.75. The summed E-state index contributed by atoms with van der Waals surface area (Å²) in [5.41, 5.74) is 1.94. The molecule has 1 aromatic rings. The Hall–Kier alpha value is -1.22. The van der Waals surface area contributed by atoms with Gasteiger partial charge in [0.1, 0.15) is 6.54 Å². The maximum absolute atomic E-state index is 10.8. The lowest BCUT2D eigenvalue weighted by Crippen LogP contribution is -2.30. The van der Waals surface area contributed by atoms with Crippen molar-refractivity contribution in [3.05, 3.63) is 28.8 Å². The first-order chi connectivity index (χ1) is 7.54. The maximum Gasteiger partial charge on any atom is 0.323 e. The van der Waals surface area contributed by atoms with E-state index in [4.69, 9.17) is 16.7 Å². The van der Waals surface area contributed by atoms with Crippen LogP contribution >= 0.6 is 11.6 Å². The average Bonchev–Trinajstić information content (AvgIpc) is 2.20. The van der Waals surface area contributed by atoms with E-state index in [1.165, 1.54) is 0 Å². The van der Waals surface area contributed by atoms with Crippen molar-refractivity contribution in [2.45, 2.75) is 20.3 Å². The summed E-state index contributed by atoms with van der Waals surface area (Å²) >= 11 is 5.92. The van der Waals surface area contributed by atoms with Crippen molar-refractivity contribution < 1.29 is 9.90 Å². The fraction of sp³-hybridized carbons (Fsp3) is 0.417. The third-order valence-electron chi connectivity index (χ3n) is 2.33. The topological polar surface area (TPSA) is 40.5 Å². The highest BCUT2D eigenvalue weighted by molar-refractivity contribution is 6.30. The molecule has 88 valence electrons. The number of carboxylic acids is 1. The van der Waals surface area contributed by atoms with Crippen molar-refractivity contribution >= 4 is 23.3 Å². The molecule has 1 N–H and O–H groups in total. The standard InChI is InChI=1S/C12H16ClNO2/c1-3-6-14(8-12(15)16)11-7-10(13)5-4-9(11)2/h4-5,7H,3,6,8H2,1-2H3,(H,15,16). The molecular weight excluding hydrogens is 226 g/mol. The molecule has 0 saturated heterocycles. The van der Waals surface area contributed by atoms with Crippen LogP contribution in [0.2, 0.25) is 5.02 Å². The molecule has 4 heteroatoms. The van der Waals surface area contributed by atoms with Crippen LogP contribution in [0.1, 0.15) is 18.9 Å². The minimum Gasteiger partial charge on any atom is -0.480 e. The zero-order valence-electron chi connectivity index (χ0n) is 9.53. The first-order valence-electron chi connectivity index (χ1n) is 5.27. The molecule has 0 unspecified atom stereocenters. The number of aliphatic carboxylic acids is 1. The Morgan fingerprint density at radius 2 is 2.19 bits per heavy atom. The van der Waals surface area contributed by atoms with E-state index in [1.54, 1.807) is 0 Å². The molecule has 0 amide bonds. The lowest BCUT2D eigenvalue weighted by molar-refractivity contribution is -0.135. The van der Waals surface area contributed by atoms with Crippen LogP contribution in [0.3, 0.4) is 0 Å². The Balaban J connectivity index is 2.99. The van der Waals surface area contributed by atoms with Gasteiger partial charge in [0.15, 0.2) is 0 Å². The van der Waals surface area contributed by atoms with Gasteiger partial charge in [-0.3, -0.25) is 4.79 Å². The van der Waals surface area contributed by atoms with Crippen LogP contribution in [0.4, 0.5) is 5.69 Å². The van der Waals surface area contributed by atoms with Crippen molar-refractivity contribution in [3.8, 4) is 0 Å². The highest BCUT2D eigenvalue weighted by Gasteiger charge is 2.12. The molecule has 0 bridgehead atoms. The second-order valence-electron chi connectivity index (χ2n) is 3.75. The smallest absolute Gasteiger partial charge is 0.323 e. The van der Waals surface area contributed by atoms with Crippen LogP contribution in [-0.4, -0.2) is 24.2 Å². The molecule has 0 saturated carbocycles. The summed E-state index contributed by atoms with van der Waals surface area (Å²) in [6.45, 7) is 4.70. The molecule has 0 aliphatic carbocycles. The van der Waals surface area contributed by atoms with E-state index < -0.39 is 5.97 Å². The molecule has 0 radical (unpaired) electrons. The molecule has 16 heavy (non-hydrogen) atoms.